The van der Waals surface area contributed by atoms with Gasteiger partial charge in [-0.05, 0) is 73.8 Å². The zero-order valence-corrected chi connectivity index (χ0v) is 23.6. The van der Waals surface area contributed by atoms with Crippen molar-refractivity contribution in [1.82, 2.24) is 23.8 Å². The fourth-order valence-corrected chi connectivity index (χ4v) is 6.40. The standard InChI is InChI=1S/C37H25N5O/c1-22-23(2)42-33-12-7-6-11-28(33)27-16-14-25(19-30(27)37(42)39-22)43-26-15-17-29-31(20-26)36-40-32(24-9-4-3-5-10-24)21-41(36)34-13-8-18-38-35(29)34/h3-21H,1-2H3. The molecular formula is C37H25N5O. The van der Waals surface area contributed by atoms with E-state index in [1.165, 1.54) is 5.39 Å². The number of benzene rings is 4. The van der Waals surface area contributed by atoms with Crippen LogP contribution in [0.1, 0.15) is 11.4 Å². The third-order valence-corrected chi connectivity index (χ3v) is 8.56. The van der Waals surface area contributed by atoms with Crippen LogP contribution in [0.15, 0.2) is 116 Å². The van der Waals surface area contributed by atoms with Crippen molar-refractivity contribution in [3.05, 3.63) is 127 Å². The topological polar surface area (TPSA) is 56.7 Å². The average Bonchev–Trinajstić information content (AvgIpc) is 3.64. The van der Waals surface area contributed by atoms with Crippen LogP contribution < -0.4 is 4.74 Å². The molecule has 5 aromatic heterocycles. The molecule has 9 aromatic rings. The molecule has 0 unspecified atom stereocenters. The number of imidazole rings is 2. The molecule has 0 aliphatic rings. The molecule has 6 heteroatoms. The summed E-state index contributed by atoms with van der Waals surface area (Å²) in [5.41, 5.74) is 9.08. The molecule has 0 saturated heterocycles. The Morgan fingerprint density at radius 3 is 2.16 bits per heavy atom. The summed E-state index contributed by atoms with van der Waals surface area (Å²) in [7, 11) is 0. The highest BCUT2D eigenvalue weighted by Gasteiger charge is 2.17. The van der Waals surface area contributed by atoms with Gasteiger partial charge in [-0.1, -0.05) is 48.5 Å². The molecule has 0 fully saturated rings. The lowest BCUT2D eigenvalue weighted by Gasteiger charge is -2.12. The van der Waals surface area contributed by atoms with Gasteiger partial charge in [-0.15, -0.1) is 0 Å². The lowest BCUT2D eigenvalue weighted by Crippen LogP contribution is -1.94. The van der Waals surface area contributed by atoms with Gasteiger partial charge in [0.1, 0.15) is 22.8 Å². The van der Waals surface area contributed by atoms with Crippen molar-refractivity contribution in [2.24, 2.45) is 0 Å². The maximum absolute atomic E-state index is 6.55. The summed E-state index contributed by atoms with van der Waals surface area (Å²) in [6, 6.07) is 35.3. The van der Waals surface area contributed by atoms with Crippen molar-refractivity contribution >= 4 is 54.8 Å². The Balaban J connectivity index is 1.23. The van der Waals surface area contributed by atoms with Crippen LogP contribution in [0.3, 0.4) is 0 Å². The molecule has 0 aliphatic carbocycles. The number of ether oxygens (including phenoxy) is 1. The Bertz CT molecular complexity index is 2560. The van der Waals surface area contributed by atoms with Crippen LogP contribution >= 0.6 is 0 Å². The van der Waals surface area contributed by atoms with Crippen LogP contribution in [0.5, 0.6) is 11.5 Å². The highest BCUT2D eigenvalue weighted by molar-refractivity contribution is 6.13. The molecule has 0 atom stereocenters. The monoisotopic (exact) mass is 555 g/mol. The number of pyridine rings is 3. The first kappa shape index (κ1) is 23.9. The van der Waals surface area contributed by atoms with Gasteiger partial charge in [-0.2, -0.15) is 0 Å². The number of nitrogens with zero attached hydrogens (tertiary/aromatic N) is 5. The number of rotatable bonds is 3. The highest BCUT2D eigenvalue weighted by Crippen LogP contribution is 2.37. The lowest BCUT2D eigenvalue weighted by molar-refractivity contribution is 0.484. The minimum Gasteiger partial charge on any atom is -0.457 e. The molecule has 0 amide bonds. The first-order valence-electron chi connectivity index (χ1n) is 14.4. The summed E-state index contributed by atoms with van der Waals surface area (Å²) >= 11 is 0. The van der Waals surface area contributed by atoms with Crippen molar-refractivity contribution in [3.8, 4) is 22.8 Å². The minimum absolute atomic E-state index is 0.737. The summed E-state index contributed by atoms with van der Waals surface area (Å²) in [5.74, 6) is 1.49. The molecular weight excluding hydrogens is 530 g/mol. The third kappa shape index (κ3) is 3.50. The zero-order chi connectivity index (χ0) is 28.7. The van der Waals surface area contributed by atoms with Crippen molar-refractivity contribution in [2.45, 2.75) is 13.8 Å². The molecule has 6 nitrogen and oxygen atoms in total. The van der Waals surface area contributed by atoms with Gasteiger partial charge in [0.25, 0.3) is 0 Å². The van der Waals surface area contributed by atoms with Crippen molar-refractivity contribution in [2.75, 3.05) is 0 Å². The predicted molar refractivity (Wildman–Crippen MR) is 173 cm³/mol. The van der Waals surface area contributed by atoms with Gasteiger partial charge in [0.05, 0.1) is 27.9 Å². The first-order valence-corrected chi connectivity index (χ1v) is 14.4. The number of hydrogen-bond donors (Lipinski definition) is 0. The number of aryl methyl sites for hydroxylation is 2. The Hall–Kier alpha value is -5.75. The van der Waals surface area contributed by atoms with Crippen molar-refractivity contribution < 1.29 is 4.74 Å². The number of hydrogen-bond acceptors (Lipinski definition) is 4. The smallest absolute Gasteiger partial charge is 0.146 e. The Morgan fingerprint density at radius 1 is 0.605 bits per heavy atom. The van der Waals surface area contributed by atoms with E-state index in [9.17, 15) is 0 Å². The van der Waals surface area contributed by atoms with Crippen LogP contribution in [-0.2, 0) is 0 Å². The van der Waals surface area contributed by atoms with E-state index in [1.807, 2.05) is 42.6 Å². The summed E-state index contributed by atoms with van der Waals surface area (Å²) in [6.07, 6.45) is 3.93. The molecule has 0 radical (unpaired) electrons. The zero-order valence-electron chi connectivity index (χ0n) is 23.6. The first-order chi connectivity index (χ1) is 21.1. The second-order valence-corrected chi connectivity index (χ2v) is 11.0. The number of fused-ring (bicyclic) bond motifs is 12. The van der Waals surface area contributed by atoms with E-state index in [-0.39, 0.29) is 0 Å². The summed E-state index contributed by atoms with van der Waals surface area (Å²) < 4.78 is 10.9. The highest BCUT2D eigenvalue weighted by atomic mass is 16.5. The van der Waals surface area contributed by atoms with E-state index in [0.717, 1.165) is 83.5 Å². The molecule has 0 saturated carbocycles. The van der Waals surface area contributed by atoms with Crippen LogP contribution in [0.25, 0.3) is 66.0 Å². The molecule has 4 aromatic carbocycles. The van der Waals surface area contributed by atoms with E-state index in [4.69, 9.17) is 19.7 Å². The van der Waals surface area contributed by atoms with Crippen LogP contribution in [0, 0.1) is 13.8 Å². The van der Waals surface area contributed by atoms with Crippen LogP contribution in [-0.4, -0.2) is 23.8 Å². The summed E-state index contributed by atoms with van der Waals surface area (Å²) in [4.78, 5) is 14.8. The molecule has 0 aliphatic heterocycles. The largest absolute Gasteiger partial charge is 0.457 e. The molecule has 9 rings (SSSR count). The van der Waals surface area contributed by atoms with E-state index >= 15 is 0 Å². The van der Waals surface area contributed by atoms with Gasteiger partial charge in [0.2, 0.25) is 0 Å². The summed E-state index contributed by atoms with van der Waals surface area (Å²) in [5, 5.41) is 5.43. The van der Waals surface area contributed by atoms with Gasteiger partial charge in [0.15, 0.2) is 0 Å². The third-order valence-electron chi connectivity index (χ3n) is 8.56. The van der Waals surface area contributed by atoms with Gasteiger partial charge in [0, 0.05) is 45.2 Å². The minimum atomic E-state index is 0.737. The number of aromatic nitrogens is 5. The predicted octanol–water partition coefficient (Wildman–Crippen LogP) is 9.07. The molecule has 0 N–H and O–H groups in total. The Labute approximate surface area is 246 Å². The average molecular weight is 556 g/mol. The van der Waals surface area contributed by atoms with Gasteiger partial charge in [-0.25, -0.2) is 9.97 Å². The quantitative estimate of drug-likeness (QED) is 0.204. The van der Waals surface area contributed by atoms with E-state index in [2.05, 4.69) is 95.6 Å². The molecule has 204 valence electrons. The normalized spacial score (nSPS) is 12.0. The second-order valence-electron chi connectivity index (χ2n) is 11.0. The van der Waals surface area contributed by atoms with Gasteiger partial charge < -0.3 is 4.74 Å². The SMILES string of the molecule is Cc1nc2c3cc(Oc4ccc5c(c4)c4nc(-c6ccccc6)cn4c4cccnc54)ccc3c3ccccc3n2c1C. The molecule has 0 spiro atoms. The number of para-hydroxylation sites is 1. The molecule has 43 heavy (non-hydrogen) atoms. The van der Waals surface area contributed by atoms with E-state index < -0.39 is 0 Å². The Morgan fingerprint density at radius 2 is 1.33 bits per heavy atom. The van der Waals surface area contributed by atoms with Crippen molar-refractivity contribution in [3.63, 3.8) is 0 Å². The fraction of sp³-hybridized carbons (Fsp3) is 0.0541. The van der Waals surface area contributed by atoms with Gasteiger partial charge in [-0.3, -0.25) is 13.8 Å². The van der Waals surface area contributed by atoms with Crippen molar-refractivity contribution in [1.29, 1.82) is 0 Å². The van der Waals surface area contributed by atoms with Crippen LogP contribution in [0.4, 0.5) is 0 Å². The summed E-state index contributed by atoms with van der Waals surface area (Å²) in [6.45, 7) is 4.19. The molecule has 0 bridgehead atoms. The van der Waals surface area contributed by atoms with Crippen LogP contribution in [0.2, 0.25) is 0 Å². The lowest BCUT2D eigenvalue weighted by atomic mass is 10.1. The Kier molecular flexibility index (Phi) is 4.93. The van der Waals surface area contributed by atoms with Gasteiger partial charge >= 0.3 is 0 Å². The maximum Gasteiger partial charge on any atom is 0.146 e. The maximum atomic E-state index is 6.55. The van der Waals surface area contributed by atoms with E-state index in [0.29, 0.717) is 0 Å². The second kappa shape index (κ2) is 8.87. The van der Waals surface area contributed by atoms with E-state index in [1.54, 1.807) is 0 Å². The molecule has 5 heterocycles. The fourth-order valence-electron chi connectivity index (χ4n) is 6.40.